The van der Waals surface area contributed by atoms with Gasteiger partial charge in [0.1, 0.15) is 6.04 Å². The molecule has 0 radical (unpaired) electrons. The predicted octanol–water partition coefficient (Wildman–Crippen LogP) is 1.27. The first kappa shape index (κ1) is 20.6. The third-order valence-corrected chi connectivity index (χ3v) is 6.12. The summed E-state index contributed by atoms with van der Waals surface area (Å²) in [6, 6.07) is 4.54. The zero-order valence-electron chi connectivity index (χ0n) is 17.0. The van der Waals surface area contributed by atoms with Crippen LogP contribution in [-0.4, -0.2) is 52.6 Å². The SMILES string of the molecule is CC(=O)N1C[C@H]2C[C@@H](C1)[C@H](C(=O)NCCCC(C)(C)CO)n1c2cccc1=O. The Labute approximate surface area is 165 Å². The number of rotatable bonds is 6. The summed E-state index contributed by atoms with van der Waals surface area (Å²) < 4.78 is 1.64. The zero-order chi connectivity index (χ0) is 20.5. The Morgan fingerprint density at radius 2 is 2.04 bits per heavy atom. The molecule has 0 saturated carbocycles. The Balaban J connectivity index is 1.79. The number of amides is 2. The molecule has 1 saturated heterocycles. The lowest BCUT2D eigenvalue weighted by Gasteiger charge is -2.46. The number of carbonyl (C=O) groups is 2. The fraction of sp³-hybridized carbons (Fsp3) is 0.667. The molecule has 2 amide bonds. The second-order valence-electron chi connectivity index (χ2n) is 8.94. The first-order valence-corrected chi connectivity index (χ1v) is 10.1. The predicted molar refractivity (Wildman–Crippen MR) is 106 cm³/mol. The van der Waals surface area contributed by atoms with Crippen molar-refractivity contribution in [1.29, 1.82) is 0 Å². The van der Waals surface area contributed by atoms with Gasteiger partial charge in [-0.1, -0.05) is 19.9 Å². The fourth-order valence-electron chi connectivity index (χ4n) is 4.49. The lowest BCUT2D eigenvalue weighted by atomic mass is 9.78. The Bertz CT molecular complexity index is 801. The van der Waals surface area contributed by atoms with E-state index in [0.717, 1.165) is 25.0 Å². The molecule has 2 aliphatic rings. The van der Waals surface area contributed by atoms with Crippen molar-refractivity contribution < 1.29 is 14.7 Å². The quantitative estimate of drug-likeness (QED) is 0.717. The van der Waals surface area contributed by atoms with Gasteiger partial charge < -0.3 is 15.3 Å². The number of carbonyl (C=O) groups excluding carboxylic acids is 2. The van der Waals surface area contributed by atoms with E-state index >= 15 is 0 Å². The number of hydrogen-bond acceptors (Lipinski definition) is 4. The lowest BCUT2D eigenvalue weighted by Crippen LogP contribution is -2.54. The minimum absolute atomic E-state index is 0.00632. The van der Waals surface area contributed by atoms with Crippen LogP contribution in [0.5, 0.6) is 0 Å². The Kier molecular flexibility index (Phi) is 5.93. The maximum Gasteiger partial charge on any atom is 0.251 e. The van der Waals surface area contributed by atoms with Crippen molar-refractivity contribution in [2.24, 2.45) is 11.3 Å². The van der Waals surface area contributed by atoms with Crippen molar-refractivity contribution >= 4 is 11.8 Å². The number of pyridine rings is 1. The van der Waals surface area contributed by atoms with Crippen LogP contribution >= 0.6 is 0 Å². The average Bonchev–Trinajstić information content (AvgIpc) is 2.66. The molecule has 3 rings (SSSR count). The molecular formula is C21H31N3O4. The summed E-state index contributed by atoms with van der Waals surface area (Å²) in [5.74, 6) is -0.132. The van der Waals surface area contributed by atoms with Crippen LogP contribution in [0, 0.1) is 11.3 Å². The number of likely N-dealkylation sites (tertiary alicyclic amines) is 1. The number of nitrogens with zero attached hydrogens (tertiary/aromatic N) is 2. The summed E-state index contributed by atoms with van der Waals surface area (Å²) in [6.45, 7) is 7.24. The number of aliphatic hydroxyl groups excluding tert-OH is 1. The second kappa shape index (κ2) is 8.07. The third kappa shape index (κ3) is 4.14. The van der Waals surface area contributed by atoms with Gasteiger partial charge in [0.25, 0.3) is 5.56 Å². The second-order valence-corrected chi connectivity index (χ2v) is 8.94. The number of fused-ring (bicyclic) bond motifs is 4. The molecule has 0 aliphatic carbocycles. The normalized spacial score (nSPS) is 23.9. The van der Waals surface area contributed by atoms with Crippen molar-refractivity contribution in [2.75, 3.05) is 26.2 Å². The highest BCUT2D eigenvalue weighted by Crippen LogP contribution is 2.41. The zero-order valence-corrected chi connectivity index (χ0v) is 17.0. The van der Waals surface area contributed by atoms with Crippen LogP contribution in [0.4, 0.5) is 0 Å². The fourth-order valence-corrected chi connectivity index (χ4v) is 4.49. The topological polar surface area (TPSA) is 91.6 Å². The van der Waals surface area contributed by atoms with E-state index in [0.29, 0.717) is 19.6 Å². The van der Waals surface area contributed by atoms with Crippen LogP contribution in [-0.2, 0) is 9.59 Å². The van der Waals surface area contributed by atoms with Gasteiger partial charge in [0, 0.05) is 56.8 Å². The summed E-state index contributed by atoms with van der Waals surface area (Å²) in [7, 11) is 0. The van der Waals surface area contributed by atoms with Crippen LogP contribution < -0.4 is 10.9 Å². The molecule has 7 heteroatoms. The highest BCUT2D eigenvalue weighted by Gasteiger charge is 2.44. The number of nitrogens with one attached hydrogen (secondary N) is 1. The molecule has 0 unspecified atom stereocenters. The maximum absolute atomic E-state index is 13.1. The van der Waals surface area contributed by atoms with Gasteiger partial charge in [0.15, 0.2) is 0 Å². The van der Waals surface area contributed by atoms with Crippen molar-refractivity contribution in [3.8, 4) is 0 Å². The van der Waals surface area contributed by atoms with Gasteiger partial charge in [-0.05, 0) is 30.7 Å². The summed E-state index contributed by atoms with van der Waals surface area (Å²) in [6.07, 6.45) is 2.37. The Morgan fingerprint density at radius 3 is 2.71 bits per heavy atom. The standard InChI is InChI=1S/C21H31N3O4/c1-14(26)23-11-15-10-16(12-23)19(24-17(15)6-4-7-18(24)27)20(28)22-9-5-8-21(2,3)13-25/h4,6-7,15-16,19,25H,5,8-13H2,1-3H3,(H,22,28)/t15-,16+,19-/m1/s1. The van der Waals surface area contributed by atoms with Gasteiger partial charge in [-0.25, -0.2) is 0 Å². The number of aliphatic hydroxyl groups is 1. The summed E-state index contributed by atoms with van der Waals surface area (Å²) in [5, 5.41) is 12.3. The molecule has 2 N–H and O–H groups in total. The van der Waals surface area contributed by atoms with Crippen LogP contribution in [0.1, 0.15) is 57.7 Å². The molecule has 154 valence electrons. The van der Waals surface area contributed by atoms with E-state index < -0.39 is 6.04 Å². The number of hydrogen-bond donors (Lipinski definition) is 2. The summed E-state index contributed by atoms with van der Waals surface area (Å²) in [4.78, 5) is 39.4. The first-order valence-electron chi connectivity index (χ1n) is 10.1. The van der Waals surface area contributed by atoms with Crippen molar-refractivity contribution in [3.05, 3.63) is 34.2 Å². The minimum atomic E-state index is -0.590. The molecule has 7 nitrogen and oxygen atoms in total. The van der Waals surface area contributed by atoms with Crippen LogP contribution in [0.25, 0.3) is 0 Å². The van der Waals surface area contributed by atoms with Gasteiger partial charge >= 0.3 is 0 Å². The molecule has 3 atom stereocenters. The van der Waals surface area contributed by atoms with Gasteiger partial charge in [-0.2, -0.15) is 0 Å². The number of piperidine rings is 1. The summed E-state index contributed by atoms with van der Waals surface area (Å²) in [5.41, 5.74) is 0.513. The molecule has 2 bridgehead atoms. The molecule has 1 fully saturated rings. The van der Waals surface area contributed by atoms with E-state index in [1.54, 1.807) is 22.5 Å². The first-order chi connectivity index (χ1) is 13.2. The molecule has 1 aromatic rings. The van der Waals surface area contributed by atoms with E-state index in [9.17, 15) is 19.5 Å². The molecule has 3 heterocycles. The van der Waals surface area contributed by atoms with Gasteiger partial charge in [-0.3, -0.25) is 19.0 Å². The van der Waals surface area contributed by atoms with Crippen LogP contribution in [0.15, 0.2) is 23.0 Å². The minimum Gasteiger partial charge on any atom is -0.396 e. The van der Waals surface area contributed by atoms with Crippen molar-refractivity contribution in [3.63, 3.8) is 0 Å². The largest absolute Gasteiger partial charge is 0.396 e. The Hall–Kier alpha value is -2.15. The van der Waals surface area contributed by atoms with E-state index in [-0.39, 0.29) is 41.2 Å². The molecule has 28 heavy (non-hydrogen) atoms. The van der Waals surface area contributed by atoms with Crippen molar-refractivity contribution in [1.82, 2.24) is 14.8 Å². The number of aromatic nitrogens is 1. The monoisotopic (exact) mass is 389 g/mol. The van der Waals surface area contributed by atoms with Crippen molar-refractivity contribution in [2.45, 2.75) is 52.0 Å². The molecule has 0 aromatic carbocycles. The molecule has 0 spiro atoms. The van der Waals surface area contributed by atoms with Gasteiger partial charge in [-0.15, -0.1) is 0 Å². The Morgan fingerprint density at radius 1 is 1.29 bits per heavy atom. The van der Waals surface area contributed by atoms with Crippen LogP contribution in [0.3, 0.4) is 0 Å². The van der Waals surface area contributed by atoms with E-state index in [4.69, 9.17) is 0 Å². The summed E-state index contributed by atoms with van der Waals surface area (Å²) >= 11 is 0. The smallest absolute Gasteiger partial charge is 0.251 e. The van der Waals surface area contributed by atoms with Gasteiger partial charge in [0.2, 0.25) is 11.8 Å². The lowest BCUT2D eigenvalue weighted by molar-refractivity contribution is -0.135. The highest BCUT2D eigenvalue weighted by molar-refractivity contribution is 5.81. The van der Waals surface area contributed by atoms with Gasteiger partial charge in [0.05, 0.1) is 0 Å². The molecule has 1 aromatic heterocycles. The van der Waals surface area contributed by atoms with Crippen LogP contribution in [0.2, 0.25) is 0 Å². The molecule has 2 aliphatic heterocycles. The van der Waals surface area contributed by atoms with E-state index in [2.05, 4.69) is 5.32 Å². The average molecular weight is 389 g/mol. The maximum atomic E-state index is 13.1. The van der Waals surface area contributed by atoms with E-state index in [1.807, 2.05) is 19.9 Å². The van der Waals surface area contributed by atoms with E-state index in [1.165, 1.54) is 6.07 Å². The third-order valence-electron chi connectivity index (χ3n) is 6.12. The highest BCUT2D eigenvalue weighted by atomic mass is 16.3. The molecular weight excluding hydrogens is 358 g/mol.